The Kier molecular flexibility index (Phi) is 8.64. The Balaban J connectivity index is 1.28. The molecule has 4 aromatic heterocycles. The highest BCUT2D eigenvalue weighted by Gasteiger charge is 2.42. The lowest BCUT2D eigenvalue weighted by Crippen LogP contribution is -2.49. The van der Waals surface area contributed by atoms with Gasteiger partial charge in [0.2, 0.25) is 17.1 Å². The molecule has 9 rings (SSSR count). The summed E-state index contributed by atoms with van der Waals surface area (Å²) in [5.74, 6) is 1.42. The largest absolute Gasteiger partial charge is 0.437 e. The maximum Gasteiger partial charge on any atom is 0.227 e. The lowest BCUT2D eigenvalue weighted by atomic mass is 9.77. The van der Waals surface area contributed by atoms with Gasteiger partial charge in [-0.25, -0.2) is 4.98 Å². The van der Waals surface area contributed by atoms with E-state index >= 15 is 0 Å². The van der Waals surface area contributed by atoms with Crippen molar-refractivity contribution in [2.45, 2.75) is 104 Å². The molecule has 0 fully saturated rings. The van der Waals surface area contributed by atoms with Crippen molar-refractivity contribution in [3.63, 3.8) is 0 Å². The number of hydrogen-bond donors (Lipinski definition) is 0. The molecule has 0 saturated carbocycles. The minimum atomic E-state index is 0.276. The van der Waals surface area contributed by atoms with Crippen LogP contribution in [-0.2, 0) is 6.42 Å². The van der Waals surface area contributed by atoms with Crippen molar-refractivity contribution in [3.8, 4) is 33.8 Å². The normalized spacial score (nSPS) is 16.7. The average Bonchev–Trinajstić information content (AvgIpc) is 3.54. The fourth-order valence-electron chi connectivity index (χ4n) is 9.79. The summed E-state index contributed by atoms with van der Waals surface area (Å²) in [4.78, 5) is 5.33. The summed E-state index contributed by atoms with van der Waals surface area (Å²) in [5.41, 5.74) is 19.1. The highest BCUT2D eigenvalue weighted by Crippen LogP contribution is 2.46. The number of nitrogens with zero attached hydrogens (tertiary/aromatic N) is 3. The van der Waals surface area contributed by atoms with Gasteiger partial charge in [-0.3, -0.25) is 0 Å². The molecule has 0 amide bonds. The van der Waals surface area contributed by atoms with E-state index < -0.39 is 0 Å². The number of fused-ring (bicyclic) bond motifs is 13. The number of pyridine rings is 3. The summed E-state index contributed by atoms with van der Waals surface area (Å²) in [6, 6.07) is 32.1. The molecule has 7 aromatic rings. The van der Waals surface area contributed by atoms with Crippen molar-refractivity contribution in [1.29, 1.82) is 0 Å². The fraction of sp³-hybridized carbons (Fsp3) is 0.314. The molecule has 0 spiro atoms. The molecule has 0 radical (unpaired) electrons. The first-order valence-electron chi connectivity index (χ1n) is 20.3. The van der Waals surface area contributed by atoms with Gasteiger partial charge in [0, 0.05) is 58.0 Å². The Morgan fingerprint density at radius 1 is 0.727 bits per heavy atom. The highest BCUT2D eigenvalue weighted by molar-refractivity contribution is 6.09. The zero-order valence-corrected chi connectivity index (χ0v) is 33.7. The Morgan fingerprint density at radius 2 is 1.45 bits per heavy atom. The Hall–Kier alpha value is -5.35. The minimum absolute atomic E-state index is 0.276. The van der Waals surface area contributed by atoms with Crippen LogP contribution in [0.25, 0.3) is 61.5 Å². The summed E-state index contributed by atoms with van der Waals surface area (Å²) in [6.45, 7) is 23.0. The second-order valence-electron chi connectivity index (χ2n) is 17.1. The first-order chi connectivity index (χ1) is 26.5. The van der Waals surface area contributed by atoms with Crippen molar-refractivity contribution >= 4 is 27.8 Å². The van der Waals surface area contributed by atoms with E-state index in [9.17, 15) is 0 Å². The van der Waals surface area contributed by atoms with E-state index in [4.69, 9.17) is 16.0 Å². The Labute approximate surface area is 326 Å². The molecule has 4 nitrogen and oxygen atoms in total. The average molecular weight is 724 g/mol. The molecular weight excluding hydrogens is 671 g/mol. The lowest BCUT2D eigenvalue weighted by Gasteiger charge is -2.31. The zero-order valence-electron chi connectivity index (χ0n) is 33.7. The minimum Gasteiger partial charge on any atom is -0.437 e. The second kappa shape index (κ2) is 13.4. The highest BCUT2D eigenvalue weighted by atomic mass is 16.3. The molecule has 276 valence electrons. The lowest BCUT2D eigenvalue weighted by molar-refractivity contribution is -0.719. The van der Waals surface area contributed by atoms with Crippen molar-refractivity contribution in [2.24, 2.45) is 0 Å². The van der Waals surface area contributed by atoms with Gasteiger partial charge in [-0.1, -0.05) is 90.1 Å². The van der Waals surface area contributed by atoms with Crippen molar-refractivity contribution in [1.82, 2.24) is 4.98 Å². The number of furan rings is 1. The third-order valence-corrected chi connectivity index (χ3v) is 12.5. The fourth-order valence-corrected chi connectivity index (χ4v) is 9.79. The van der Waals surface area contributed by atoms with Crippen LogP contribution in [0.4, 0.5) is 0 Å². The Bertz CT molecular complexity index is 2650. The van der Waals surface area contributed by atoms with Crippen LogP contribution in [0.5, 0.6) is 0 Å². The molecule has 0 saturated heterocycles. The maximum absolute atomic E-state index is 7.06. The number of rotatable bonds is 4. The Morgan fingerprint density at radius 3 is 2.20 bits per heavy atom. The molecule has 2 unspecified atom stereocenters. The van der Waals surface area contributed by atoms with Gasteiger partial charge >= 0.3 is 0 Å². The van der Waals surface area contributed by atoms with Gasteiger partial charge in [-0.2, -0.15) is 9.13 Å². The summed E-state index contributed by atoms with van der Waals surface area (Å²) in [7, 11) is 0. The molecule has 2 aliphatic heterocycles. The molecule has 55 heavy (non-hydrogen) atoms. The van der Waals surface area contributed by atoms with Gasteiger partial charge in [-0.05, 0) is 96.7 Å². The predicted octanol–water partition coefficient (Wildman–Crippen LogP) is 12.7. The number of aromatic nitrogens is 3. The SMILES string of the molecule is C=C1CC2c3ccccc3-c3ccc(C)c[n+]3C2CCc2ccc3c(oc4nc(-c5c(C(C)C)cccc5C(C)C)ccc43)c2-c2cc(C)c(C(C)C)c[n+]21. The molecular formula is C51H53N3O+2. The number of benzene rings is 3. The molecule has 2 atom stereocenters. The van der Waals surface area contributed by atoms with E-state index in [2.05, 4.69) is 162 Å². The first kappa shape index (κ1) is 35.4. The first-order valence-corrected chi connectivity index (χ1v) is 20.3. The van der Waals surface area contributed by atoms with Gasteiger partial charge < -0.3 is 4.42 Å². The van der Waals surface area contributed by atoms with Crippen LogP contribution in [0, 0.1) is 13.8 Å². The molecule has 4 heteroatoms. The summed E-state index contributed by atoms with van der Waals surface area (Å²) < 4.78 is 12.0. The van der Waals surface area contributed by atoms with Crippen LogP contribution >= 0.6 is 0 Å². The topological polar surface area (TPSA) is 33.8 Å². The number of allylic oxidation sites excluding steroid dienone is 1. The molecule has 0 N–H and O–H groups in total. The summed E-state index contributed by atoms with van der Waals surface area (Å²) in [6.07, 6.45) is 7.51. The third-order valence-electron chi connectivity index (χ3n) is 12.5. The number of aryl methyl sites for hydroxylation is 3. The monoisotopic (exact) mass is 723 g/mol. The van der Waals surface area contributed by atoms with Crippen LogP contribution in [0.15, 0.2) is 108 Å². The van der Waals surface area contributed by atoms with Crippen LogP contribution in [0.1, 0.15) is 123 Å². The van der Waals surface area contributed by atoms with Crippen LogP contribution < -0.4 is 9.13 Å². The molecule has 0 bridgehead atoms. The van der Waals surface area contributed by atoms with Crippen LogP contribution in [0.2, 0.25) is 0 Å². The van der Waals surface area contributed by atoms with Gasteiger partial charge in [0.15, 0.2) is 29.7 Å². The van der Waals surface area contributed by atoms with Gasteiger partial charge in [-0.15, -0.1) is 0 Å². The standard InChI is InChI=1S/C51H53N3O/c1-29(2)36-15-12-16-37(30(3)4)49(36)44-22-21-41-40-20-18-35-19-24-46-42(38-13-10-11-14-39(38)45-23-17-32(7)27-54(45)46)26-34(9)53-28-43(31(5)6)33(8)25-47(53)48(35)50(40)55-51(41)52-44/h10-18,20-23,25,27-31,42,46H,9,19,24,26H2,1-8H3/q+2. The van der Waals surface area contributed by atoms with E-state index in [0.29, 0.717) is 23.5 Å². The van der Waals surface area contributed by atoms with E-state index in [1.54, 1.807) is 0 Å². The maximum atomic E-state index is 7.06. The van der Waals surface area contributed by atoms with Crippen LogP contribution in [0.3, 0.4) is 0 Å². The van der Waals surface area contributed by atoms with E-state index in [0.717, 1.165) is 58.3 Å². The van der Waals surface area contributed by atoms with E-state index in [1.165, 1.54) is 55.8 Å². The summed E-state index contributed by atoms with van der Waals surface area (Å²) in [5, 5.41) is 2.16. The third kappa shape index (κ3) is 5.75. The smallest absolute Gasteiger partial charge is 0.227 e. The quantitative estimate of drug-likeness (QED) is 0.169. The van der Waals surface area contributed by atoms with Crippen molar-refractivity contribution < 1.29 is 13.6 Å². The second-order valence-corrected chi connectivity index (χ2v) is 17.1. The molecule has 2 aliphatic rings. The molecule has 3 aromatic carbocycles. The van der Waals surface area contributed by atoms with Gasteiger partial charge in [0.05, 0.1) is 17.2 Å². The van der Waals surface area contributed by atoms with Gasteiger partial charge in [0.1, 0.15) is 0 Å². The van der Waals surface area contributed by atoms with Crippen molar-refractivity contribution in [2.75, 3.05) is 0 Å². The molecule has 0 aliphatic carbocycles. The number of hydrogen-bond acceptors (Lipinski definition) is 2. The van der Waals surface area contributed by atoms with Crippen LogP contribution in [-0.4, -0.2) is 4.98 Å². The molecule has 6 heterocycles. The van der Waals surface area contributed by atoms with Gasteiger partial charge in [0.25, 0.3) is 0 Å². The van der Waals surface area contributed by atoms with Crippen molar-refractivity contribution in [3.05, 3.63) is 143 Å². The predicted molar refractivity (Wildman–Crippen MR) is 226 cm³/mol. The zero-order chi connectivity index (χ0) is 38.3. The van der Waals surface area contributed by atoms with E-state index in [1.807, 2.05) is 0 Å². The van der Waals surface area contributed by atoms with E-state index in [-0.39, 0.29) is 12.0 Å². The summed E-state index contributed by atoms with van der Waals surface area (Å²) >= 11 is 0.